The monoisotopic (exact) mass is 350 g/mol. The van der Waals surface area contributed by atoms with Crippen molar-refractivity contribution in [3.05, 3.63) is 0 Å². The largest absolute Gasteiger partial charge is 0.355 e. The van der Waals surface area contributed by atoms with Crippen LogP contribution in [-0.2, 0) is 4.79 Å². The van der Waals surface area contributed by atoms with Crippen LogP contribution in [-0.4, -0.2) is 85.6 Å². The third kappa shape index (κ3) is 4.04. The number of rotatable bonds is 4. The summed E-state index contributed by atoms with van der Waals surface area (Å²) < 4.78 is 0. The number of carbonyl (C=O) groups excluding carboxylic acids is 1. The number of piperazine rings is 1. The van der Waals surface area contributed by atoms with Gasteiger partial charge in [-0.3, -0.25) is 9.69 Å². The lowest BCUT2D eigenvalue weighted by molar-refractivity contribution is -0.126. The van der Waals surface area contributed by atoms with Gasteiger partial charge in [0.1, 0.15) is 0 Å². The van der Waals surface area contributed by atoms with E-state index in [0.717, 1.165) is 45.6 Å². The molecular weight excluding hydrogens is 312 g/mol. The summed E-state index contributed by atoms with van der Waals surface area (Å²) in [6.07, 6.45) is 3.32. The molecule has 6 atom stereocenters. The summed E-state index contributed by atoms with van der Waals surface area (Å²) in [6, 6.07) is 1.96. The summed E-state index contributed by atoms with van der Waals surface area (Å²) in [5.41, 5.74) is 0. The van der Waals surface area contributed by atoms with E-state index in [2.05, 4.69) is 54.9 Å². The van der Waals surface area contributed by atoms with E-state index in [0.29, 0.717) is 35.9 Å². The van der Waals surface area contributed by atoms with Crippen molar-refractivity contribution in [2.24, 2.45) is 17.8 Å². The average molecular weight is 351 g/mol. The molecule has 2 aliphatic heterocycles. The standard InChI is InChI=1S/C20H38N4O/c1-14-13-24(11-10-22(14)4)9-8-21-20(25)17-6-7-19-18(12-17)15(2)16(3)23(19)5/h14-19H,6-13H2,1-5H3,(H,21,25)/t14?,15-,16+,17?,18?,19?/m0/s1. The molecule has 5 nitrogen and oxygen atoms in total. The highest BCUT2D eigenvalue weighted by atomic mass is 16.1. The summed E-state index contributed by atoms with van der Waals surface area (Å²) >= 11 is 0. The molecule has 0 aromatic rings. The fourth-order valence-corrected chi connectivity index (χ4v) is 5.34. The number of nitrogens with zero attached hydrogens (tertiary/aromatic N) is 3. The van der Waals surface area contributed by atoms with E-state index < -0.39 is 0 Å². The Labute approximate surface area is 154 Å². The van der Waals surface area contributed by atoms with E-state index in [1.807, 2.05) is 0 Å². The number of nitrogens with one attached hydrogen (secondary N) is 1. The van der Waals surface area contributed by atoms with Crippen molar-refractivity contribution in [1.82, 2.24) is 20.0 Å². The molecule has 3 aliphatic rings. The van der Waals surface area contributed by atoms with Crippen molar-refractivity contribution in [3.8, 4) is 0 Å². The van der Waals surface area contributed by atoms with Gasteiger partial charge in [0.25, 0.3) is 0 Å². The van der Waals surface area contributed by atoms with E-state index in [-0.39, 0.29) is 5.92 Å². The van der Waals surface area contributed by atoms with Crippen molar-refractivity contribution < 1.29 is 4.79 Å². The molecule has 2 heterocycles. The van der Waals surface area contributed by atoms with Crippen LogP contribution >= 0.6 is 0 Å². The molecular formula is C20H38N4O. The molecule has 1 aliphatic carbocycles. The van der Waals surface area contributed by atoms with Gasteiger partial charge >= 0.3 is 0 Å². The number of likely N-dealkylation sites (N-methyl/N-ethyl adjacent to an activating group) is 1. The number of hydrogen-bond acceptors (Lipinski definition) is 4. The van der Waals surface area contributed by atoms with Crippen LogP contribution in [0.5, 0.6) is 0 Å². The lowest BCUT2D eigenvalue weighted by Crippen LogP contribution is -2.51. The Hall–Kier alpha value is -0.650. The quantitative estimate of drug-likeness (QED) is 0.834. The molecule has 4 unspecified atom stereocenters. The third-order valence-corrected chi connectivity index (χ3v) is 7.61. The lowest BCUT2D eigenvalue weighted by Gasteiger charge is -2.38. The Kier molecular flexibility index (Phi) is 6.07. The van der Waals surface area contributed by atoms with Crippen molar-refractivity contribution in [3.63, 3.8) is 0 Å². The smallest absolute Gasteiger partial charge is 0.223 e. The molecule has 0 aromatic heterocycles. The van der Waals surface area contributed by atoms with Gasteiger partial charge < -0.3 is 15.1 Å². The maximum absolute atomic E-state index is 12.7. The van der Waals surface area contributed by atoms with E-state index >= 15 is 0 Å². The summed E-state index contributed by atoms with van der Waals surface area (Å²) in [6.45, 7) is 12.1. The van der Waals surface area contributed by atoms with Crippen molar-refractivity contribution in [1.29, 1.82) is 0 Å². The van der Waals surface area contributed by atoms with Crippen LogP contribution in [0.1, 0.15) is 40.0 Å². The predicted octanol–water partition coefficient (Wildman–Crippen LogP) is 1.49. The molecule has 5 heteroatoms. The van der Waals surface area contributed by atoms with Gasteiger partial charge in [-0.2, -0.15) is 0 Å². The van der Waals surface area contributed by atoms with Gasteiger partial charge in [0.05, 0.1) is 0 Å². The van der Waals surface area contributed by atoms with Crippen molar-refractivity contribution in [2.75, 3.05) is 46.8 Å². The van der Waals surface area contributed by atoms with Crippen LogP contribution in [0.25, 0.3) is 0 Å². The zero-order chi connectivity index (χ0) is 18.1. The molecule has 1 saturated carbocycles. The number of hydrogen-bond donors (Lipinski definition) is 1. The second-order valence-corrected chi connectivity index (χ2v) is 8.93. The maximum Gasteiger partial charge on any atom is 0.223 e. The summed E-state index contributed by atoms with van der Waals surface area (Å²) in [7, 11) is 4.46. The van der Waals surface area contributed by atoms with Gasteiger partial charge in [-0.25, -0.2) is 0 Å². The molecule has 0 bridgehead atoms. The number of likely N-dealkylation sites (tertiary alicyclic amines) is 1. The van der Waals surface area contributed by atoms with E-state index in [1.54, 1.807) is 0 Å². The Morgan fingerprint density at radius 2 is 1.88 bits per heavy atom. The van der Waals surface area contributed by atoms with Crippen LogP contribution in [0.15, 0.2) is 0 Å². The van der Waals surface area contributed by atoms with Crippen LogP contribution in [0.2, 0.25) is 0 Å². The van der Waals surface area contributed by atoms with Gasteiger partial charge in [0.2, 0.25) is 5.91 Å². The second kappa shape index (κ2) is 7.93. The Bertz CT molecular complexity index is 471. The predicted molar refractivity (Wildman–Crippen MR) is 103 cm³/mol. The summed E-state index contributed by atoms with van der Waals surface area (Å²) in [4.78, 5) is 20.1. The van der Waals surface area contributed by atoms with E-state index in [4.69, 9.17) is 0 Å². The second-order valence-electron chi connectivity index (χ2n) is 8.93. The molecule has 1 amide bonds. The normalized spacial score (nSPS) is 40.8. The fourth-order valence-electron chi connectivity index (χ4n) is 5.34. The first-order valence-electron chi connectivity index (χ1n) is 10.3. The Morgan fingerprint density at radius 1 is 1.12 bits per heavy atom. The fraction of sp³-hybridized carbons (Fsp3) is 0.950. The van der Waals surface area contributed by atoms with Gasteiger partial charge in [-0.05, 0) is 59.0 Å². The summed E-state index contributed by atoms with van der Waals surface area (Å²) in [5.74, 6) is 1.93. The molecule has 25 heavy (non-hydrogen) atoms. The molecule has 3 rings (SSSR count). The number of fused-ring (bicyclic) bond motifs is 1. The zero-order valence-electron chi connectivity index (χ0n) is 16.9. The van der Waals surface area contributed by atoms with Gasteiger partial charge in [0, 0.05) is 56.8 Å². The molecule has 0 aromatic carbocycles. The average Bonchev–Trinajstić information content (AvgIpc) is 2.82. The van der Waals surface area contributed by atoms with E-state index in [9.17, 15) is 4.79 Å². The molecule has 1 N–H and O–H groups in total. The summed E-state index contributed by atoms with van der Waals surface area (Å²) in [5, 5.41) is 3.24. The van der Waals surface area contributed by atoms with Gasteiger partial charge in [-0.15, -0.1) is 0 Å². The minimum Gasteiger partial charge on any atom is -0.355 e. The minimum absolute atomic E-state index is 0.230. The molecule has 144 valence electrons. The van der Waals surface area contributed by atoms with Crippen LogP contribution in [0, 0.1) is 17.8 Å². The molecule has 0 spiro atoms. The first-order valence-corrected chi connectivity index (χ1v) is 10.3. The van der Waals surface area contributed by atoms with E-state index in [1.165, 1.54) is 6.42 Å². The van der Waals surface area contributed by atoms with Crippen molar-refractivity contribution >= 4 is 5.91 Å². The molecule has 3 fully saturated rings. The maximum atomic E-state index is 12.7. The minimum atomic E-state index is 0.230. The first-order chi connectivity index (χ1) is 11.9. The third-order valence-electron chi connectivity index (χ3n) is 7.61. The molecule has 0 radical (unpaired) electrons. The number of amides is 1. The van der Waals surface area contributed by atoms with Crippen LogP contribution in [0.4, 0.5) is 0 Å². The number of carbonyl (C=O) groups is 1. The van der Waals surface area contributed by atoms with Crippen LogP contribution < -0.4 is 5.32 Å². The topological polar surface area (TPSA) is 38.8 Å². The van der Waals surface area contributed by atoms with Crippen molar-refractivity contribution in [2.45, 2.75) is 58.2 Å². The SMILES string of the molecule is CC1CN(CCNC(=O)C2CCC3C(C2)[C@@H](C)[C@@H](C)N3C)CCN1C. The highest BCUT2D eigenvalue weighted by Gasteiger charge is 2.46. The lowest BCUT2D eigenvalue weighted by atomic mass is 9.74. The highest BCUT2D eigenvalue weighted by molar-refractivity contribution is 5.78. The zero-order valence-corrected chi connectivity index (χ0v) is 16.9. The Balaban J connectivity index is 1.42. The molecule has 2 saturated heterocycles. The van der Waals surface area contributed by atoms with Gasteiger partial charge in [-0.1, -0.05) is 6.92 Å². The Morgan fingerprint density at radius 3 is 2.60 bits per heavy atom. The first kappa shape index (κ1) is 19.1. The van der Waals surface area contributed by atoms with Gasteiger partial charge in [0.15, 0.2) is 0 Å². The van der Waals surface area contributed by atoms with Crippen LogP contribution in [0.3, 0.4) is 0 Å². The highest BCUT2D eigenvalue weighted by Crippen LogP contribution is 2.44.